The lowest BCUT2D eigenvalue weighted by molar-refractivity contribution is -0.202. The lowest BCUT2D eigenvalue weighted by Gasteiger charge is -2.29. The van der Waals surface area contributed by atoms with Gasteiger partial charge < -0.3 is 23.7 Å². The fraction of sp³-hybridized carbons (Fsp3) is 0.789. The molecular weight excluding hydrogens is 340 g/mol. The molecule has 0 saturated carbocycles. The molecule has 0 aromatic rings. The zero-order valence-electron chi connectivity index (χ0n) is 16.1. The van der Waals surface area contributed by atoms with E-state index >= 15 is 0 Å². The summed E-state index contributed by atoms with van der Waals surface area (Å²) in [4.78, 5) is 23.0. The molecule has 148 valence electrons. The fourth-order valence-electron chi connectivity index (χ4n) is 2.64. The first-order valence-corrected chi connectivity index (χ1v) is 9.09. The number of rotatable bonds is 11. The van der Waals surface area contributed by atoms with E-state index in [1.165, 1.54) is 13.8 Å². The van der Waals surface area contributed by atoms with Crippen molar-refractivity contribution in [3.05, 3.63) is 0 Å². The molecule has 1 aliphatic rings. The van der Waals surface area contributed by atoms with Crippen LogP contribution in [0.25, 0.3) is 0 Å². The van der Waals surface area contributed by atoms with E-state index < -0.39 is 36.0 Å². The molecule has 7 heteroatoms. The van der Waals surface area contributed by atoms with Crippen LogP contribution in [0.15, 0.2) is 0 Å². The highest BCUT2D eigenvalue weighted by Gasteiger charge is 2.59. The van der Waals surface area contributed by atoms with Crippen LogP contribution in [0.4, 0.5) is 0 Å². The normalized spacial score (nSPS) is 27.7. The van der Waals surface area contributed by atoms with Gasteiger partial charge in [-0.1, -0.05) is 32.6 Å². The standard InChI is InChI=1S/C19H30O7/c1-6-9-11-22-13-19(8-3)17(23-12-10-7-2)16(24-14(4)20)18(26-19)25-15(5)21/h3,16-18H,6-7,9-13H2,1-2,4-5H3/t16-,17+,18?,19?/m1/s1. The summed E-state index contributed by atoms with van der Waals surface area (Å²) in [5.41, 5.74) is -1.30. The van der Waals surface area contributed by atoms with Crippen LogP contribution in [-0.4, -0.2) is 55.9 Å². The van der Waals surface area contributed by atoms with Gasteiger partial charge in [-0.15, -0.1) is 6.42 Å². The second-order valence-corrected chi connectivity index (χ2v) is 6.25. The van der Waals surface area contributed by atoms with Crippen molar-refractivity contribution in [1.29, 1.82) is 0 Å². The highest BCUT2D eigenvalue weighted by Crippen LogP contribution is 2.36. The zero-order chi connectivity index (χ0) is 19.6. The van der Waals surface area contributed by atoms with Gasteiger partial charge in [0.1, 0.15) is 6.10 Å². The molecule has 4 atom stereocenters. The molecule has 0 spiro atoms. The third-order valence-electron chi connectivity index (χ3n) is 3.94. The first-order chi connectivity index (χ1) is 12.4. The van der Waals surface area contributed by atoms with Gasteiger partial charge in [-0.25, -0.2) is 0 Å². The zero-order valence-corrected chi connectivity index (χ0v) is 16.1. The van der Waals surface area contributed by atoms with Crippen molar-refractivity contribution in [2.75, 3.05) is 19.8 Å². The molecule has 0 aliphatic carbocycles. The first kappa shape index (κ1) is 22.4. The Morgan fingerprint density at radius 2 is 1.69 bits per heavy atom. The van der Waals surface area contributed by atoms with Crippen LogP contribution < -0.4 is 0 Å². The van der Waals surface area contributed by atoms with Gasteiger partial charge in [0.05, 0.1) is 6.61 Å². The van der Waals surface area contributed by atoms with E-state index in [1.54, 1.807) is 0 Å². The van der Waals surface area contributed by atoms with Gasteiger partial charge >= 0.3 is 11.9 Å². The van der Waals surface area contributed by atoms with Crippen molar-refractivity contribution in [2.24, 2.45) is 0 Å². The molecule has 1 rings (SSSR count). The fourth-order valence-corrected chi connectivity index (χ4v) is 2.64. The molecule has 0 amide bonds. The third-order valence-corrected chi connectivity index (χ3v) is 3.94. The molecule has 0 aromatic heterocycles. The predicted molar refractivity (Wildman–Crippen MR) is 94.1 cm³/mol. The first-order valence-electron chi connectivity index (χ1n) is 9.09. The van der Waals surface area contributed by atoms with Crippen LogP contribution in [-0.2, 0) is 33.3 Å². The van der Waals surface area contributed by atoms with Crippen LogP contribution >= 0.6 is 0 Å². The topological polar surface area (TPSA) is 80.3 Å². The number of terminal acetylenes is 1. The van der Waals surface area contributed by atoms with Gasteiger partial charge in [0.15, 0.2) is 11.7 Å². The Kier molecular flexibility index (Phi) is 9.63. The van der Waals surface area contributed by atoms with E-state index in [2.05, 4.69) is 12.8 Å². The molecule has 1 heterocycles. The average molecular weight is 370 g/mol. The Balaban J connectivity index is 3.05. The highest BCUT2D eigenvalue weighted by molar-refractivity contribution is 5.67. The number of carbonyl (C=O) groups is 2. The minimum absolute atomic E-state index is 0.0514. The van der Waals surface area contributed by atoms with Crippen LogP contribution in [0.3, 0.4) is 0 Å². The largest absolute Gasteiger partial charge is 0.453 e. The van der Waals surface area contributed by atoms with Crippen molar-refractivity contribution in [2.45, 2.75) is 77.5 Å². The van der Waals surface area contributed by atoms with E-state index in [1.807, 2.05) is 6.92 Å². The number of esters is 2. The molecule has 0 bridgehead atoms. The maximum Gasteiger partial charge on any atom is 0.305 e. The molecule has 1 saturated heterocycles. The second kappa shape index (κ2) is 11.2. The lowest BCUT2D eigenvalue weighted by atomic mass is 9.96. The molecule has 1 aliphatic heterocycles. The van der Waals surface area contributed by atoms with Gasteiger partial charge in [0.25, 0.3) is 0 Å². The van der Waals surface area contributed by atoms with Crippen molar-refractivity contribution in [3.63, 3.8) is 0 Å². The summed E-state index contributed by atoms with van der Waals surface area (Å²) in [6.45, 7) is 7.57. The maximum absolute atomic E-state index is 11.5. The maximum atomic E-state index is 11.5. The Bertz CT molecular complexity index is 499. The van der Waals surface area contributed by atoms with Gasteiger partial charge in [-0.2, -0.15) is 0 Å². The Morgan fingerprint density at radius 3 is 2.23 bits per heavy atom. The number of carbonyl (C=O) groups excluding carboxylic acids is 2. The quantitative estimate of drug-likeness (QED) is 0.313. The average Bonchev–Trinajstić information content (AvgIpc) is 2.85. The highest BCUT2D eigenvalue weighted by atomic mass is 16.8. The Morgan fingerprint density at radius 1 is 1.08 bits per heavy atom. The minimum Gasteiger partial charge on any atom is -0.453 e. The number of hydrogen-bond donors (Lipinski definition) is 0. The van der Waals surface area contributed by atoms with Crippen molar-refractivity contribution < 1.29 is 33.3 Å². The molecule has 0 N–H and O–H groups in total. The summed E-state index contributed by atoms with van der Waals surface area (Å²) < 4.78 is 27.9. The Labute approximate surface area is 155 Å². The Hall–Kier alpha value is -1.62. The van der Waals surface area contributed by atoms with E-state index in [4.69, 9.17) is 30.1 Å². The third kappa shape index (κ3) is 6.27. The molecule has 0 radical (unpaired) electrons. The van der Waals surface area contributed by atoms with Crippen molar-refractivity contribution in [1.82, 2.24) is 0 Å². The summed E-state index contributed by atoms with van der Waals surface area (Å²) in [6.07, 6.45) is 6.43. The summed E-state index contributed by atoms with van der Waals surface area (Å²) in [5, 5.41) is 0. The van der Waals surface area contributed by atoms with Gasteiger partial charge in [0, 0.05) is 27.1 Å². The SMILES string of the molecule is C#CC1(COCCCC)OC(OC(C)=O)[C@H](OC(C)=O)[C@@H]1OCCCC. The van der Waals surface area contributed by atoms with Crippen molar-refractivity contribution in [3.8, 4) is 12.3 Å². The molecule has 26 heavy (non-hydrogen) atoms. The molecule has 7 nitrogen and oxygen atoms in total. The van der Waals surface area contributed by atoms with Gasteiger partial charge in [-0.3, -0.25) is 9.59 Å². The molecule has 0 aromatic carbocycles. The number of hydrogen-bond acceptors (Lipinski definition) is 7. The number of unbranched alkanes of at least 4 members (excludes halogenated alkanes) is 2. The minimum atomic E-state index is -1.30. The van der Waals surface area contributed by atoms with Gasteiger partial charge in [-0.05, 0) is 12.8 Å². The van der Waals surface area contributed by atoms with E-state index in [9.17, 15) is 9.59 Å². The monoisotopic (exact) mass is 370 g/mol. The lowest BCUT2D eigenvalue weighted by Crippen LogP contribution is -2.49. The van der Waals surface area contributed by atoms with Crippen molar-refractivity contribution >= 4 is 11.9 Å². The summed E-state index contributed by atoms with van der Waals surface area (Å²) in [6, 6.07) is 0. The molecule has 1 fully saturated rings. The van der Waals surface area contributed by atoms with Crippen LogP contribution in [0.1, 0.15) is 53.4 Å². The summed E-state index contributed by atoms with van der Waals surface area (Å²) >= 11 is 0. The van der Waals surface area contributed by atoms with E-state index in [0.29, 0.717) is 13.2 Å². The summed E-state index contributed by atoms with van der Waals surface area (Å²) in [5.74, 6) is 1.47. The molecule has 2 unspecified atom stereocenters. The smallest absolute Gasteiger partial charge is 0.305 e. The van der Waals surface area contributed by atoms with Crippen LogP contribution in [0.5, 0.6) is 0 Å². The second-order valence-electron chi connectivity index (χ2n) is 6.25. The summed E-state index contributed by atoms with van der Waals surface area (Å²) in [7, 11) is 0. The van der Waals surface area contributed by atoms with E-state index in [-0.39, 0.29) is 6.61 Å². The number of ether oxygens (including phenoxy) is 5. The van der Waals surface area contributed by atoms with E-state index in [0.717, 1.165) is 25.7 Å². The molecular formula is C19H30O7. The van der Waals surface area contributed by atoms with Crippen LogP contribution in [0.2, 0.25) is 0 Å². The van der Waals surface area contributed by atoms with Crippen LogP contribution in [0, 0.1) is 12.3 Å². The predicted octanol–water partition coefficient (Wildman–Crippen LogP) is 2.21. The van der Waals surface area contributed by atoms with Gasteiger partial charge in [0.2, 0.25) is 6.29 Å².